The highest BCUT2D eigenvalue weighted by Gasteiger charge is 2.30. The Hall–Kier alpha value is -4.20. The predicted octanol–water partition coefficient (Wildman–Crippen LogP) is 2.18. The number of likely N-dealkylation sites (tertiary alicyclic amines) is 1. The molecule has 1 amide bonds. The van der Waals surface area contributed by atoms with Crippen LogP contribution in [0.2, 0.25) is 0 Å². The van der Waals surface area contributed by atoms with Crippen LogP contribution in [0.5, 0.6) is 5.75 Å². The third-order valence-corrected chi connectivity index (χ3v) is 8.55. The highest BCUT2D eigenvalue weighted by molar-refractivity contribution is 7.92. The molecule has 2 atom stereocenters. The van der Waals surface area contributed by atoms with Crippen molar-refractivity contribution in [2.45, 2.75) is 18.4 Å². The van der Waals surface area contributed by atoms with E-state index >= 15 is 0 Å². The Bertz CT molecular complexity index is 1690. The molecular weight excluding hydrogens is 546 g/mol. The molecule has 1 saturated heterocycles. The van der Waals surface area contributed by atoms with Crippen LogP contribution in [0.4, 0.5) is 17.3 Å². The SMILES string of the molecule is COc1cc([C@@H]2CCN(CC(N)=O)C[C@@H]2O)ccc1Nc1ncc2ccc(-c3ccccc3N(C)S(C)(=O)=O)n2n1. The number of aromatic nitrogens is 3. The number of aliphatic hydroxyl groups excluding tert-OH is 1. The van der Waals surface area contributed by atoms with E-state index in [0.717, 1.165) is 17.3 Å². The summed E-state index contributed by atoms with van der Waals surface area (Å²) in [7, 11) is -0.386. The Labute approximate surface area is 238 Å². The van der Waals surface area contributed by atoms with Crippen LogP contribution in [0.15, 0.2) is 60.8 Å². The summed E-state index contributed by atoms with van der Waals surface area (Å²) < 4.78 is 33.1. The molecule has 12 nitrogen and oxygen atoms in total. The van der Waals surface area contributed by atoms with Gasteiger partial charge in [0, 0.05) is 25.1 Å². The number of carbonyl (C=O) groups excluding carboxylic acids is 1. The van der Waals surface area contributed by atoms with E-state index in [-0.39, 0.29) is 12.5 Å². The van der Waals surface area contributed by atoms with Crippen molar-refractivity contribution in [1.29, 1.82) is 0 Å². The predicted molar refractivity (Wildman–Crippen MR) is 157 cm³/mol. The number of methoxy groups -OCH3 is 1. The summed E-state index contributed by atoms with van der Waals surface area (Å²) in [6, 6.07) is 16.7. The van der Waals surface area contributed by atoms with Crippen LogP contribution in [0.1, 0.15) is 17.9 Å². The molecule has 5 rings (SSSR count). The van der Waals surface area contributed by atoms with E-state index in [4.69, 9.17) is 10.5 Å². The number of sulfonamides is 1. The molecule has 216 valence electrons. The molecule has 0 bridgehead atoms. The number of primary amides is 1. The number of fused-ring (bicyclic) bond motifs is 1. The molecule has 0 spiro atoms. The van der Waals surface area contributed by atoms with Gasteiger partial charge in [-0.3, -0.25) is 14.0 Å². The lowest BCUT2D eigenvalue weighted by Gasteiger charge is -2.35. The summed E-state index contributed by atoms with van der Waals surface area (Å²) in [5, 5.41) is 18.7. The number of hydrogen-bond acceptors (Lipinski definition) is 9. The van der Waals surface area contributed by atoms with Crippen LogP contribution >= 0.6 is 0 Å². The van der Waals surface area contributed by atoms with Crippen molar-refractivity contribution in [2.24, 2.45) is 5.73 Å². The molecule has 1 aliphatic rings. The molecule has 0 saturated carbocycles. The van der Waals surface area contributed by atoms with Gasteiger partial charge in [0.1, 0.15) is 5.75 Å². The fourth-order valence-corrected chi connectivity index (χ4v) is 5.73. The first-order chi connectivity index (χ1) is 19.5. The van der Waals surface area contributed by atoms with E-state index in [1.165, 1.54) is 11.4 Å². The number of rotatable bonds is 9. The molecular formula is C28H33N7O5S. The smallest absolute Gasteiger partial charge is 0.245 e. The number of anilines is 3. The Balaban J connectivity index is 1.42. The second-order valence-electron chi connectivity index (χ2n) is 10.1. The number of β-amino-alcohol motifs (C(OH)–C–C–N with tert-alkyl or cyclic N) is 1. The summed E-state index contributed by atoms with van der Waals surface area (Å²) in [4.78, 5) is 17.6. The molecule has 41 heavy (non-hydrogen) atoms. The summed E-state index contributed by atoms with van der Waals surface area (Å²) in [5.74, 6) is 0.355. The molecule has 1 aliphatic heterocycles. The fourth-order valence-electron chi connectivity index (χ4n) is 5.22. The van der Waals surface area contributed by atoms with Gasteiger partial charge in [0.2, 0.25) is 21.9 Å². The molecule has 4 aromatic rings. The molecule has 2 aromatic carbocycles. The van der Waals surface area contributed by atoms with Gasteiger partial charge in [-0.1, -0.05) is 24.3 Å². The van der Waals surface area contributed by atoms with E-state index < -0.39 is 22.0 Å². The summed E-state index contributed by atoms with van der Waals surface area (Å²) in [6.07, 6.45) is 2.88. The van der Waals surface area contributed by atoms with Crippen molar-refractivity contribution in [3.05, 3.63) is 66.4 Å². The Morgan fingerprint density at radius 2 is 2.00 bits per heavy atom. The highest BCUT2D eigenvalue weighted by Crippen LogP contribution is 2.36. The highest BCUT2D eigenvalue weighted by atomic mass is 32.2. The third-order valence-electron chi connectivity index (χ3n) is 7.36. The van der Waals surface area contributed by atoms with Crippen LogP contribution in [-0.2, 0) is 14.8 Å². The molecule has 0 unspecified atom stereocenters. The van der Waals surface area contributed by atoms with Gasteiger partial charge >= 0.3 is 0 Å². The number of amides is 1. The van der Waals surface area contributed by atoms with Gasteiger partial charge in [-0.15, -0.1) is 5.10 Å². The zero-order chi connectivity index (χ0) is 29.3. The Kier molecular flexibility index (Phi) is 7.84. The van der Waals surface area contributed by atoms with Crippen LogP contribution in [0.25, 0.3) is 16.8 Å². The maximum Gasteiger partial charge on any atom is 0.245 e. The number of carbonyl (C=O) groups is 1. The second kappa shape index (κ2) is 11.4. The van der Waals surface area contributed by atoms with Crippen molar-refractivity contribution in [3.63, 3.8) is 0 Å². The van der Waals surface area contributed by atoms with E-state index in [2.05, 4.69) is 15.4 Å². The number of hydrogen-bond donors (Lipinski definition) is 3. The van der Waals surface area contributed by atoms with Gasteiger partial charge in [-0.25, -0.2) is 17.9 Å². The van der Waals surface area contributed by atoms with Crippen molar-refractivity contribution >= 4 is 38.8 Å². The fraction of sp³-hybridized carbons (Fsp3) is 0.321. The number of piperidine rings is 1. The van der Waals surface area contributed by atoms with E-state index in [9.17, 15) is 18.3 Å². The summed E-state index contributed by atoms with van der Waals surface area (Å²) in [6.45, 7) is 1.15. The van der Waals surface area contributed by atoms with Crippen molar-refractivity contribution < 1.29 is 23.1 Å². The maximum absolute atomic E-state index is 12.3. The number of para-hydroxylation sites is 1. The summed E-state index contributed by atoms with van der Waals surface area (Å²) >= 11 is 0. The molecule has 0 aliphatic carbocycles. The number of ether oxygens (including phenoxy) is 1. The van der Waals surface area contributed by atoms with Crippen LogP contribution in [-0.4, -0.2) is 85.1 Å². The Morgan fingerprint density at radius 3 is 2.71 bits per heavy atom. The molecule has 4 N–H and O–H groups in total. The lowest BCUT2D eigenvalue weighted by Crippen LogP contribution is -2.46. The molecule has 3 heterocycles. The summed E-state index contributed by atoms with van der Waals surface area (Å²) in [5.41, 5.74) is 9.55. The van der Waals surface area contributed by atoms with E-state index in [1.807, 2.05) is 47.4 Å². The largest absolute Gasteiger partial charge is 0.495 e. The third kappa shape index (κ3) is 5.97. The Morgan fingerprint density at radius 1 is 1.22 bits per heavy atom. The monoisotopic (exact) mass is 579 g/mol. The molecule has 0 radical (unpaired) electrons. The minimum Gasteiger partial charge on any atom is -0.495 e. The number of aliphatic hydroxyl groups is 1. The number of nitrogens with one attached hydrogen (secondary N) is 1. The maximum atomic E-state index is 12.3. The average molecular weight is 580 g/mol. The van der Waals surface area contributed by atoms with Gasteiger partial charge in [0.15, 0.2) is 0 Å². The minimum absolute atomic E-state index is 0.109. The van der Waals surface area contributed by atoms with Crippen LogP contribution in [0.3, 0.4) is 0 Å². The quantitative estimate of drug-likeness (QED) is 0.271. The van der Waals surface area contributed by atoms with E-state index in [1.54, 1.807) is 30.0 Å². The molecule has 2 aromatic heterocycles. The number of nitrogens with two attached hydrogens (primary N) is 1. The first-order valence-corrected chi connectivity index (χ1v) is 14.9. The topological polar surface area (TPSA) is 155 Å². The second-order valence-corrected chi connectivity index (χ2v) is 12.1. The van der Waals surface area contributed by atoms with Crippen molar-refractivity contribution in [1.82, 2.24) is 19.5 Å². The van der Waals surface area contributed by atoms with Gasteiger partial charge < -0.3 is 20.9 Å². The zero-order valence-electron chi connectivity index (χ0n) is 23.1. The van der Waals surface area contributed by atoms with Crippen LogP contribution in [0, 0.1) is 0 Å². The van der Waals surface area contributed by atoms with Gasteiger partial charge in [0.25, 0.3) is 0 Å². The molecule has 13 heteroatoms. The van der Waals surface area contributed by atoms with Crippen molar-refractivity contribution in [3.8, 4) is 17.0 Å². The van der Waals surface area contributed by atoms with Crippen molar-refractivity contribution in [2.75, 3.05) is 49.7 Å². The van der Waals surface area contributed by atoms with Gasteiger partial charge in [0.05, 0.1) is 54.8 Å². The van der Waals surface area contributed by atoms with Gasteiger partial charge in [-0.05, 0) is 48.9 Å². The number of nitrogens with zero attached hydrogens (tertiary/aromatic N) is 5. The number of benzene rings is 2. The molecule has 1 fully saturated rings. The average Bonchev–Trinajstić information content (AvgIpc) is 3.35. The normalized spacial score (nSPS) is 17.9. The lowest BCUT2D eigenvalue weighted by molar-refractivity contribution is -0.119. The van der Waals surface area contributed by atoms with Gasteiger partial charge in [-0.2, -0.15) is 0 Å². The minimum atomic E-state index is -3.47. The standard InChI is InChI=1S/C28H33N7O5S/c1-33(41(3,38)39)23-7-5-4-6-21(23)24-11-9-19-15-30-28(32-35(19)24)31-22-10-8-18(14-26(22)40-2)20-12-13-34(16-25(20)36)17-27(29)37/h4-11,14-15,20,25,36H,12-13,16-17H2,1-3H3,(H2,29,37)(H,31,32)/t20-,25-/m0/s1. The van der Waals surface area contributed by atoms with Crippen LogP contribution < -0.4 is 20.1 Å². The first kappa shape index (κ1) is 28.3. The van der Waals surface area contributed by atoms with E-state index in [0.29, 0.717) is 53.8 Å². The zero-order valence-corrected chi connectivity index (χ0v) is 23.9. The lowest BCUT2D eigenvalue weighted by atomic mass is 9.87. The first-order valence-electron chi connectivity index (χ1n) is 13.1.